The zero-order chi connectivity index (χ0) is 11.9. The lowest BCUT2D eigenvalue weighted by Gasteiger charge is -2.08. The van der Waals surface area contributed by atoms with Gasteiger partial charge in [-0.3, -0.25) is 9.36 Å². The van der Waals surface area contributed by atoms with Crippen molar-refractivity contribution in [2.75, 3.05) is 0 Å². The molecule has 1 aromatic carbocycles. The van der Waals surface area contributed by atoms with E-state index in [0.29, 0.717) is 22.5 Å². The summed E-state index contributed by atoms with van der Waals surface area (Å²) in [6.07, 6.45) is 0. The maximum Gasteiger partial charge on any atom is 0.262 e. The number of rotatable bonds is 1. The van der Waals surface area contributed by atoms with Crippen LogP contribution in [0.4, 0.5) is 0 Å². The minimum Gasteiger partial charge on any atom is -0.283 e. The molecule has 0 aliphatic rings. The van der Waals surface area contributed by atoms with E-state index in [2.05, 4.69) is 4.98 Å². The molecule has 0 unspecified atom stereocenters. The second-order valence-corrected chi connectivity index (χ2v) is 4.32. The number of hydrogen-bond acceptors (Lipinski definition) is 2. The Balaban J connectivity index is 2.99. The van der Waals surface area contributed by atoms with Crippen LogP contribution in [0.1, 0.15) is 12.5 Å². The molecule has 0 radical (unpaired) electrons. The topological polar surface area (TPSA) is 34.9 Å². The molecule has 2 rings (SSSR count). The number of hydrogen-bond donors (Lipinski definition) is 0. The Morgan fingerprint density at radius 1 is 1.38 bits per heavy atom. The molecule has 0 atom stereocenters. The molecule has 16 heavy (non-hydrogen) atoms. The summed E-state index contributed by atoms with van der Waals surface area (Å²) in [5.74, 6) is 0. The third-order valence-electron chi connectivity index (χ3n) is 2.49. The van der Waals surface area contributed by atoms with Crippen LogP contribution in [0.5, 0.6) is 0 Å². The van der Waals surface area contributed by atoms with E-state index in [1.54, 1.807) is 12.1 Å². The quantitative estimate of drug-likeness (QED) is 0.736. The van der Waals surface area contributed by atoms with Crippen molar-refractivity contribution in [3.63, 3.8) is 0 Å². The highest BCUT2D eigenvalue weighted by molar-refractivity contribution is 6.31. The van der Waals surface area contributed by atoms with Crippen LogP contribution in [0.3, 0.4) is 0 Å². The molecule has 1 heterocycles. The summed E-state index contributed by atoms with van der Waals surface area (Å²) < 4.78 is 1.44. The van der Waals surface area contributed by atoms with Crippen molar-refractivity contribution in [2.45, 2.75) is 20.4 Å². The molecule has 0 amide bonds. The van der Waals surface area contributed by atoms with Gasteiger partial charge in [0.15, 0.2) is 0 Å². The zero-order valence-corrected chi connectivity index (χ0v) is 10.4. The number of benzene rings is 1. The first-order valence-electron chi connectivity index (χ1n) is 4.90. The SMILES string of the molecule is CCn1c(Cl)nc2cc(Cl)cc(C)c2c1=O. The van der Waals surface area contributed by atoms with E-state index in [0.717, 1.165) is 5.56 Å². The van der Waals surface area contributed by atoms with E-state index >= 15 is 0 Å². The maximum absolute atomic E-state index is 12.1. The normalized spacial score (nSPS) is 11.0. The van der Waals surface area contributed by atoms with Crippen molar-refractivity contribution in [3.8, 4) is 0 Å². The average Bonchev–Trinajstić information content (AvgIpc) is 2.15. The Kier molecular flexibility index (Phi) is 2.91. The molecule has 84 valence electrons. The van der Waals surface area contributed by atoms with Gasteiger partial charge in [0.1, 0.15) is 0 Å². The smallest absolute Gasteiger partial charge is 0.262 e. The first-order valence-corrected chi connectivity index (χ1v) is 5.66. The van der Waals surface area contributed by atoms with Crippen molar-refractivity contribution in [3.05, 3.63) is 38.4 Å². The van der Waals surface area contributed by atoms with Gasteiger partial charge in [-0.25, -0.2) is 4.98 Å². The minimum absolute atomic E-state index is 0.119. The Hall–Kier alpha value is -1.06. The minimum atomic E-state index is -0.119. The summed E-state index contributed by atoms with van der Waals surface area (Å²) >= 11 is 11.8. The summed E-state index contributed by atoms with van der Waals surface area (Å²) in [5, 5.41) is 1.33. The van der Waals surface area contributed by atoms with Crippen LogP contribution in [0.25, 0.3) is 10.9 Å². The standard InChI is InChI=1S/C11H10Cl2N2O/c1-3-15-10(16)9-6(2)4-7(12)5-8(9)14-11(15)13/h4-5H,3H2,1-2H3. The summed E-state index contributed by atoms with van der Waals surface area (Å²) in [6, 6.07) is 3.40. The van der Waals surface area contributed by atoms with Crippen LogP contribution >= 0.6 is 23.2 Å². The van der Waals surface area contributed by atoms with Gasteiger partial charge in [-0.05, 0) is 43.1 Å². The summed E-state index contributed by atoms with van der Waals surface area (Å²) in [6.45, 7) is 4.19. The van der Waals surface area contributed by atoms with Crippen LogP contribution in [-0.4, -0.2) is 9.55 Å². The predicted molar refractivity (Wildman–Crippen MR) is 66.4 cm³/mol. The van der Waals surface area contributed by atoms with Crippen LogP contribution in [-0.2, 0) is 6.54 Å². The molecule has 0 aliphatic heterocycles. The van der Waals surface area contributed by atoms with E-state index < -0.39 is 0 Å². The second-order valence-electron chi connectivity index (χ2n) is 3.55. The third-order valence-corrected chi connectivity index (χ3v) is 3.00. The van der Waals surface area contributed by atoms with Gasteiger partial charge in [-0.1, -0.05) is 11.6 Å². The molecule has 2 aromatic rings. The highest BCUT2D eigenvalue weighted by atomic mass is 35.5. The van der Waals surface area contributed by atoms with Gasteiger partial charge in [0.05, 0.1) is 10.9 Å². The fraction of sp³-hybridized carbons (Fsp3) is 0.273. The van der Waals surface area contributed by atoms with E-state index in [9.17, 15) is 4.79 Å². The Labute approximate surface area is 103 Å². The molecular weight excluding hydrogens is 247 g/mol. The van der Waals surface area contributed by atoms with Gasteiger partial charge >= 0.3 is 0 Å². The number of aryl methyl sites for hydroxylation is 1. The van der Waals surface area contributed by atoms with Gasteiger partial charge in [-0.2, -0.15) is 0 Å². The number of halogens is 2. The summed E-state index contributed by atoms with van der Waals surface area (Å²) in [7, 11) is 0. The van der Waals surface area contributed by atoms with Gasteiger partial charge in [0.25, 0.3) is 5.56 Å². The molecule has 0 bridgehead atoms. The van der Waals surface area contributed by atoms with E-state index in [1.165, 1.54) is 4.57 Å². The van der Waals surface area contributed by atoms with E-state index in [1.807, 2.05) is 13.8 Å². The fourth-order valence-electron chi connectivity index (χ4n) is 1.74. The first-order chi connectivity index (χ1) is 7.54. The van der Waals surface area contributed by atoms with Gasteiger partial charge in [-0.15, -0.1) is 0 Å². The highest BCUT2D eigenvalue weighted by Crippen LogP contribution is 2.20. The summed E-state index contributed by atoms with van der Waals surface area (Å²) in [4.78, 5) is 16.3. The lowest BCUT2D eigenvalue weighted by molar-refractivity contribution is 0.718. The fourth-order valence-corrected chi connectivity index (χ4v) is 2.30. The van der Waals surface area contributed by atoms with Crippen molar-refractivity contribution in [1.29, 1.82) is 0 Å². The van der Waals surface area contributed by atoms with Crippen molar-refractivity contribution >= 4 is 34.1 Å². The Morgan fingerprint density at radius 2 is 2.06 bits per heavy atom. The third kappa shape index (κ3) is 1.70. The van der Waals surface area contributed by atoms with Crippen molar-refractivity contribution in [1.82, 2.24) is 9.55 Å². The zero-order valence-electron chi connectivity index (χ0n) is 8.92. The maximum atomic E-state index is 12.1. The van der Waals surface area contributed by atoms with Gasteiger partial charge in [0, 0.05) is 11.6 Å². The Bertz CT molecular complexity index is 619. The molecule has 0 saturated carbocycles. The largest absolute Gasteiger partial charge is 0.283 e. The number of nitrogens with zero attached hydrogens (tertiary/aromatic N) is 2. The van der Waals surface area contributed by atoms with Gasteiger partial charge < -0.3 is 0 Å². The molecule has 0 N–H and O–H groups in total. The average molecular weight is 257 g/mol. The molecule has 0 saturated heterocycles. The molecule has 0 fully saturated rings. The molecule has 1 aromatic heterocycles. The van der Waals surface area contributed by atoms with Crippen LogP contribution in [0.15, 0.2) is 16.9 Å². The van der Waals surface area contributed by atoms with Crippen molar-refractivity contribution in [2.24, 2.45) is 0 Å². The molecule has 3 nitrogen and oxygen atoms in total. The van der Waals surface area contributed by atoms with Crippen LogP contribution in [0, 0.1) is 6.92 Å². The van der Waals surface area contributed by atoms with Crippen molar-refractivity contribution < 1.29 is 0 Å². The monoisotopic (exact) mass is 256 g/mol. The van der Waals surface area contributed by atoms with E-state index in [-0.39, 0.29) is 10.8 Å². The molecule has 5 heteroatoms. The van der Waals surface area contributed by atoms with Crippen LogP contribution < -0.4 is 5.56 Å². The predicted octanol–water partition coefficient (Wildman–Crippen LogP) is 3.03. The summed E-state index contributed by atoms with van der Waals surface area (Å²) in [5.41, 5.74) is 1.25. The highest BCUT2D eigenvalue weighted by Gasteiger charge is 2.10. The molecule has 0 spiro atoms. The molecular formula is C11H10Cl2N2O. The first kappa shape index (κ1) is 11.4. The lowest BCUT2D eigenvalue weighted by atomic mass is 10.1. The van der Waals surface area contributed by atoms with E-state index in [4.69, 9.17) is 23.2 Å². The molecule has 0 aliphatic carbocycles. The lowest BCUT2D eigenvalue weighted by Crippen LogP contribution is -2.21. The van der Waals surface area contributed by atoms with Crippen LogP contribution in [0.2, 0.25) is 10.3 Å². The second kappa shape index (κ2) is 4.07. The number of aromatic nitrogens is 2. The van der Waals surface area contributed by atoms with Gasteiger partial charge in [0.2, 0.25) is 5.28 Å². The number of fused-ring (bicyclic) bond motifs is 1. The Morgan fingerprint density at radius 3 is 2.69 bits per heavy atom.